The highest BCUT2D eigenvalue weighted by Crippen LogP contribution is 2.12. The van der Waals surface area contributed by atoms with Crippen molar-refractivity contribution in [3.8, 4) is 0 Å². The second kappa shape index (κ2) is 3.95. The molecule has 0 saturated carbocycles. The third-order valence-corrected chi connectivity index (χ3v) is 2.08. The molecule has 0 spiro atoms. The molecular formula is C11H20N2. The second-order valence-electron chi connectivity index (χ2n) is 4.41. The largest absolute Gasteiger partial charge is 0.267 e. The van der Waals surface area contributed by atoms with Crippen molar-refractivity contribution in [3.05, 3.63) is 17.5 Å². The van der Waals surface area contributed by atoms with Gasteiger partial charge in [0.05, 0.1) is 5.69 Å². The van der Waals surface area contributed by atoms with E-state index in [0.717, 1.165) is 6.42 Å². The fourth-order valence-corrected chi connectivity index (χ4v) is 1.59. The lowest BCUT2D eigenvalue weighted by molar-refractivity contribution is 0.507. The Morgan fingerprint density at radius 1 is 1.31 bits per heavy atom. The van der Waals surface area contributed by atoms with Gasteiger partial charge in [0.2, 0.25) is 0 Å². The molecule has 0 radical (unpaired) electrons. The molecule has 1 rings (SSSR count). The molecule has 1 aromatic rings. The highest BCUT2D eigenvalue weighted by Gasteiger charge is 2.07. The summed E-state index contributed by atoms with van der Waals surface area (Å²) in [5.41, 5.74) is 2.49. The lowest BCUT2D eigenvalue weighted by Crippen LogP contribution is -2.05. The molecule has 0 aliphatic heterocycles. The van der Waals surface area contributed by atoms with Gasteiger partial charge in [-0.2, -0.15) is 5.10 Å². The van der Waals surface area contributed by atoms with E-state index in [2.05, 4.69) is 50.5 Å². The van der Waals surface area contributed by atoms with Crippen LogP contribution in [0.1, 0.15) is 45.1 Å². The lowest BCUT2D eigenvalue weighted by Gasteiger charge is -2.07. The first-order chi connectivity index (χ1) is 6.00. The molecule has 0 saturated heterocycles. The minimum absolute atomic E-state index is 0.473. The third-order valence-electron chi connectivity index (χ3n) is 2.08. The summed E-state index contributed by atoms with van der Waals surface area (Å²) in [5, 5.41) is 4.57. The van der Waals surface area contributed by atoms with Crippen LogP contribution in [-0.2, 0) is 6.42 Å². The SMILES string of the molecule is Cc1cc(CC(C)C)nn1C(C)C. The number of aromatic nitrogens is 2. The van der Waals surface area contributed by atoms with Crippen LogP contribution < -0.4 is 0 Å². The Morgan fingerprint density at radius 2 is 1.92 bits per heavy atom. The van der Waals surface area contributed by atoms with Gasteiger partial charge in [0.15, 0.2) is 0 Å². The zero-order chi connectivity index (χ0) is 10.0. The van der Waals surface area contributed by atoms with Gasteiger partial charge in [0, 0.05) is 11.7 Å². The number of nitrogens with zero attached hydrogens (tertiary/aromatic N) is 2. The lowest BCUT2D eigenvalue weighted by atomic mass is 10.1. The van der Waals surface area contributed by atoms with E-state index in [1.54, 1.807) is 0 Å². The van der Waals surface area contributed by atoms with Crippen molar-refractivity contribution in [2.45, 2.75) is 47.1 Å². The molecule has 0 aliphatic carbocycles. The predicted octanol–water partition coefficient (Wildman–Crippen LogP) is 2.97. The van der Waals surface area contributed by atoms with Crippen LogP contribution in [0.4, 0.5) is 0 Å². The zero-order valence-corrected chi connectivity index (χ0v) is 9.33. The van der Waals surface area contributed by atoms with Crippen LogP contribution in [0, 0.1) is 12.8 Å². The van der Waals surface area contributed by atoms with Gasteiger partial charge in [0.25, 0.3) is 0 Å². The summed E-state index contributed by atoms with van der Waals surface area (Å²) in [6, 6.07) is 2.67. The van der Waals surface area contributed by atoms with Gasteiger partial charge < -0.3 is 0 Å². The average molecular weight is 180 g/mol. The summed E-state index contributed by atoms with van der Waals surface area (Å²) in [5.74, 6) is 0.690. The summed E-state index contributed by atoms with van der Waals surface area (Å²) in [4.78, 5) is 0. The van der Waals surface area contributed by atoms with Crippen molar-refractivity contribution >= 4 is 0 Å². The van der Waals surface area contributed by atoms with Crippen LogP contribution in [0.3, 0.4) is 0 Å². The Balaban J connectivity index is 2.82. The molecule has 2 heteroatoms. The molecule has 0 amide bonds. The molecule has 0 fully saturated rings. The maximum Gasteiger partial charge on any atom is 0.0630 e. The number of hydrogen-bond donors (Lipinski definition) is 0. The molecule has 0 bridgehead atoms. The summed E-state index contributed by atoms with van der Waals surface area (Å²) in [6.45, 7) is 10.9. The van der Waals surface area contributed by atoms with Crippen LogP contribution in [0.5, 0.6) is 0 Å². The van der Waals surface area contributed by atoms with Gasteiger partial charge in [0.1, 0.15) is 0 Å². The van der Waals surface area contributed by atoms with E-state index < -0.39 is 0 Å². The maximum atomic E-state index is 4.57. The van der Waals surface area contributed by atoms with E-state index in [4.69, 9.17) is 0 Å². The molecule has 0 atom stereocenters. The fraction of sp³-hybridized carbons (Fsp3) is 0.727. The van der Waals surface area contributed by atoms with Crippen LogP contribution in [0.2, 0.25) is 0 Å². The topological polar surface area (TPSA) is 17.8 Å². The molecular weight excluding hydrogens is 160 g/mol. The van der Waals surface area contributed by atoms with Crippen LogP contribution in [0.15, 0.2) is 6.07 Å². The number of rotatable bonds is 3. The Bertz CT molecular complexity index is 272. The van der Waals surface area contributed by atoms with E-state index in [1.165, 1.54) is 11.4 Å². The molecule has 0 N–H and O–H groups in total. The fourth-order valence-electron chi connectivity index (χ4n) is 1.59. The van der Waals surface area contributed by atoms with Crippen molar-refractivity contribution in [1.82, 2.24) is 9.78 Å². The van der Waals surface area contributed by atoms with E-state index in [1.807, 2.05) is 0 Å². The third kappa shape index (κ3) is 2.58. The van der Waals surface area contributed by atoms with Crippen molar-refractivity contribution in [2.24, 2.45) is 5.92 Å². The minimum atomic E-state index is 0.473. The molecule has 1 aromatic heterocycles. The predicted molar refractivity (Wildman–Crippen MR) is 55.9 cm³/mol. The quantitative estimate of drug-likeness (QED) is 0.699. The van der Waals surface area contributed by atoms with Gasteiger partial charge in [-0.1, -0.05) is 13.8 Å². The van der Waals surface area contributed by atoms with Gasteiger partial charge in [-0.3, -0.25) is 4.68 Å². The summed E-state index contributed by atoms with van der Waals surface area (Å²) < 4.78 is 2.09. The second-order valence-corrected chi connectivity index (χ2v) is 4.41. The summed E-state index contributed by atoms with van der Waals surface area (Å²) in [6.07, 6.45) is 1.08. The summed E-state index contributed by atoms with van der Waals surface area (Å²) in [7, 11) is 0. The highest BCUT2D eigenvalue weighted by molar-refractivity contribution is 5.09. The Labute approximate surface area is 81.0 Å². The van der Waals surface area contributed by atoms with Crippen LogP contribution in [-0.4, -0.2) is 9.78 Å². The van der Waals surface area contributed by atoms with Crippen molar-refractivity contribution in [1.29, 1.82) is 0 Å². The van der Waals surface area contributed by atoms with E-state index in [9.17, 15) is 0 Å². The molecule has 74 valence electrons. The first-order valence-corrected chi connectivity index (χ1v) is 5.05. The average Bonchev–Trinajstić information content (AvgIpc) is 2.29. The molecule has 13 heavy (non-hydrogen) atoms. The van der Waals surface area contributed by atoms with E-state index in [-0.39, 0.29) is 0 Å². The smallest absolute Gasteiger partial charge is 0.0630 e. The first kappa shape index (κ1) is 10.3. The van der Waals surface area contributed by atoms with Gasteiger partial charge in [-0.15, -0.1) is 0 Å². The van der Waals surface area contributed by atoms with Crippen molar-refractivity contribution < 1.29 is 0 Å². The standard InChI is InChI=1S/C11H20N2/c1-8(2)6-11-7-10(5)13(12-11)9(3)4/h7-9H,6H2,1-5H3. The Morgan fingerprint density at radius 3 is 2.31 bits per heavy atom. The summed E-state index contributed by atoms with van der Waals surface area (Å²) >= 11 is 0. The minimum Gasteiger partial charge on any atom is -0.267 e. The number of aryl methyl sites for hydroxylation is 1. The first-order valence-electron chi connectivity index (χ1n) is 5.05. The van der Waals surface area contributed by atoms with Gasteiger partial charge >= 0.3 is 0 Å². The van der Waals surface area contributed by atoms with Gasteiger partial charge in [-0.25, -0.2) is 0 Å². The molecule has 0 aromatic carbocycles. The molecule has 1 heterocycles. The molecule has 0 aliphatic rings. The van der Waals surface area contributed by atoms with E-state index >= 15 is 0 Å². The Kier molecular flexibility index (Phi) is 3.12. The Hall–Kier alpha value is -0.790. The molecule has 0 unspecified atom stereocenters. The van der Waals surface area contributed by atoms with Gasteiger partial charge in [-0.05, 0) is 39.2 Å². The van der Waals surface area contributed by atoms with Crippen LogP contribution in [0.25, 0.3) is 0 Å². The monoisotopic (exact) mass is 180 g/mol. The molecule has 2 nitrogen and oxygen atoms in total. The number of hydrogen-bond acceptors (Lipinski definition) is 1. The van der Waals surface area contributed by atoms with Crippen molar-refractivity contribution in [2.75, 3.05) is 0 Å². The maximum absolute atomic E-state index is 4.57. The van der Waals surface area contributed by atoms with Crippen molar-refractivity contribution in [3.63, 3.8) is 0 Å². The normalized spacial score (nSPS) is 11.6. The van der Waals surface area contributed by atoms with Crippen LogP contribution >= 0.6 is 0 Å². The van der Waals surface area contributed by atoms with E-state index in [0.29, 0.717) is 12.0 Å². The highest BCUT2D eigenvalue weighted by atomic mass is 15.3. The zero-order valence-electron chi connectivity index (χ0n) is 9.33.